The third kappa shape index (κ3) is 11.7. The monoisotopic (exact) mass is 1120 g/mol. The van der Waals surface area contributed by atoms with Crippen LogP contribution in [-0.2, 0) is 41.6 Å². The normalized spacial score (nSPS) is 24.2. The fourth-order valence-electron chi connectivity index (χ4n) is 10.5. The fourth-order valence-corrected chi connectivity index (χ4v) is 11.3. The molecule has 0 aromatic heterocycles. The quantitative estimate of drug-likeness (QED) is 0.157. The smallest absolute Gasteiger partial charge is 0.417 e. The molecule has 6 heterocycles. The van der Waals surface area contributed by atoms with Crippen molar-refractivity contribution >= 4 is 58.0 Å². The second-order valence-corrected chi connectivity index (χ2v) is 22.6. The maximum absolute atomic E-state index is 14.5. The van der Waals surface area contributed by atoms with Crippen molar-refractivity contribution in [1.29, 1.82) is 0 Å². The molecule has 396 valence electrons. The van der Waals surface area contributed by atoms with Gasteiger partial charge >= 0.3 is 12.2 Å². The van der Waals surface area contributed by atoms with Crippen LogP contribution in [0.1, 0.15) is 138 Å². The summed E-state index contributed by atoms with van der Waals surface area (Å²) in [4.78, 5) is 64.3. The van der Waals surface area contributed by atoms with Crippen LogP contribution in [0.3, 0.4) is 0 Å². The summed E-state index contributed by atoms with van der Waals surface area (Å²) in [5, 5.41) is 0. The van der Waals surface area contributed by atoms with Gasteiger partial charge in [-0.05, 0) is 170 Å². The second kappa shape index (κ2) is 22.0. The zero-order valence-corrected chi connectivity index (χ0v) is 45.4. The molecule has 3 aromatic carbocycles. The summed E-state index contributed by atoms with van der Waals surface area (Å²) in [5.74, 6) is 0.726. The number of rotatable bonds is 12. The predicted molar refractivity (Wildman–Crippen MR) is 276 cm³/mol. The average Bonchev–Trinajstić information content (AvgIpc) is 4.02. The molecule has 0 spiro atoms. The number of ether oxygens (including phenoxy) is 10. The number of benzene rings is 3. The molecule has 73 heavy (non-hydrogen) atoms. The van der Waals surface area contributed by atoms with Crippen molar-refractivity contribution < 1.29 is 66.5 Å². The predicted octanol–water partition coefficient (Wildman–Crippen LogP) is 9.92. The van der Waals surface area contributed by atoms with E-state index in [1.807, 2.05) is 18.2 Å². The number of anilines is 2. The maximum Gasteiger partial charge on any atom is 0.417 e. The molecule has 0 saturated carbocycles. The van der Waals surface area contributed by atoms with Crippen LogP contribution in [0.15, 0.2) is 42.5 Å². The van der Waals surface area contributed by atoms with E-state index in [0.29, 0.717) is 75.0 Å². The van der Waals surface area contributed by atoms with Gasteiger partial charge in [0, 0.05) is 42.0 Å². The van der Waals surface area contributed by atoms with E-state index in [2.05, 4.69) is 22.6 Å². The average molecular weight is 1130 g/mol. The van der Waals surface area contributed by atoms with Crippen molar-refractivity contribution in [2.45, 2.75) is 167 Å². The van der Waals surface area contributed by atoms with Crippen LogP contribution in [0.25, 0.3) is 0 Å². The van der Waals surface area contributed by atoms with Gasteiger partial charge in [0.2, 0.25) is 0 Å². The molecule has 6 aliphatic heterocycles. The molecule has 0 bridgehead atoms. The van der Waals surface area contributed by atoms with Crippen molar-refractivity contribution in [1.82, 2.24) is 9.80 Å². The lowest BCUT2D eigenvalue weighted by Crippen LogP contribution is -2.54. The topological polar surface area (TPSA) is 174 Å². The number of nitrogens with zero attached hydrogens (tertiary/aromatic N) is 4. The van der Waals surface area contributed by atoms with Gasteiger partial charge in [0.1, 0.15) is 24.4 Å². The number of fused-ring (bicyclic) bond motifs is 4. The Labute approximate surface area is 441 Å². The van der Waals surface area contributed by atoms with Gasteiger partial charge in [0.05, 0.1) is 48.8 Å². The fraction of sp³-hybridized carbons (Fsp3) is 0.593. The van der Waals surface area contributed by atoms with E-state index in [1.54, 1.807) is 75.6 Å². The first kappa shape index (κ1) is 52.8. The van der Waals surface area contributed by atoms with Crippen LogP contribution >= 0.6 is 22.6 Å². The molecule has 3 aromatic rings. The number of hydrogen-bond donors (Lipinski definition) is 0. The first-order valence-corrected chi connectivity index (χ1v) is 26.7. The van der Waals surface area contributed by atoms with E-state index in [1.165, 1.54) is 24.0 Å². The summed E-state index contributed by atoms with van der Waals surface area (Å²) in [5.41, 5.74) is 0.971. The zero-order chi connectivity index (χ0) is 51.8. The van der Waals surface area contributed by atoms with Crippen molar-refractivity contribution in [3.63, 3.8) is 0 Å². The zero-order valence-electron chi connectivity index (χ0n) is 43.2. The van der Waals surface area contributed by atoms with Gasteiger partial charge in [-0.15, -0.1) is 0 Å². The van der Waals surface area contributed by atoms with E-state index in [4.69, 9.17) is 47.4 Å². The highest BCUT2D eigenvalue weighted by atomic mass is 127. The summed E-state index contributed by atoms with van der Waals surface area (Å²) in [6, 6.07) is 11.6. The van der Waals surface area contributed by atoms with Crippen molar-refractivity contribution in [3.05, 3.63) is 68.3 Å². The molecule has 0 N–H and O–H groups in total. The molecule has 4 fully saturated rings. The molecule has 0 radical (unpaired) electrons. The molecule has 2 unspecified atom stereocenters. The summed E-state index contributed by atoms with van der Waals surface area (Å²) < 4.78 is 63.2. The number of hydrogen-bond acceptors (Lipinski definition) is 14. The van der Waals surface area contributed by atoms with Gasteiger partial charge in [0.25, 0.3) is 11.8 Å². The van der Waals surface area contributed by atoms with Gasteiger partial charge < -0.3 is 57.2 Å². The number of methoxy groups -OCH3 is 2. The Bertz CT molecular complexity index is 2370. The van der Waals surface area contributed by atoms with Gasteiger partial charge in [-0.3, -0.25) is 9.59 Å². The first-order valence-electron chi connectivity index (χ1n) is 25.6. The Hall–Kier alpha value is -5.09. The maximum atomic E-state index is 14.5. The minimum atomic E-state index is -0.896. The highest BCUT2D eigenvalue weighted by molar-refractivity contribution is 14.1. The second-order valence-electron chi connectivity index (χ2n) is 21.3. The van der Waals surface area contributed by atoms with Gasteiger partial charge in [-0.2, -0.15) is 0 Å². The van der Waals surface area contributed by atoms with E-state index >= 15 is 0 Å². The third-order valence-corrected chi connectivity index (χ3v) is 14.3. The summed E-state index contributed by atoms with van der Waals surface area (Å²) in [7, 11) is 3.02. The Kier molecular flexibility index (Phi) is 15.9. The first-order chi connectivity index (χ1) is 34.9. The van der Waals surface area contributed by atoms with Gasteiger partial charge in [0.15, 0.2) is 48.0 Å². The molecule has 0 aliphatic carbocycles. The number of halogens is 1. The molecule has 4 saturated heterocycles. The molecule has 6 aliphatic rings. The van der Waals surface area contributed by atoms with E-state index in [-0.39, 0.29) is 47.5 Å². The minimum Gasteiger partial charge on any atom is -0.493 e. The highest BCUT2D eigenvalue weighted by Gasteiger charge is 2.50. The molecular weight excluding hydrogens is 1060 g/mol. The van der Waals surface area contributed by atoms with E-state index in [9.17, 15) is 19.2 Å². The van der Waals surface area contributed by atoms with Crippen LogP contribution in [0.2, 0.25) is 0 Å². The van der Waals surface area contributed by atoms with Crippen molar-refractivity contribution in [2.75, 3.05) is 50.3 Å². The van der Waals surface area contributed by atoms with Crippen molar-refractivity contribution in [2.24, 2.45) is 0 Å². The Morgan fingerprint density at radius 3 is 1.37 bits per heavy atom. The van der Waals surface area contributed by atoms with Crippen LogP contribution in [-0.4, -0.2) is 123 Å². The third-order valence-electron chi connectivity index (χ3n) is 13.7. The highest BCUT2D eigenvalue weighted by Crippen LogP contribution is 2.45. The Morgan fingerprint density at radius 2 is 1.00 bits per heavy atom. The lowest BCUT2D eigenvalue weighted by atomic mass is 10.1. The SMILES string of the molecule is COc1cc2c(cc1OCc1cc(I)cc(COc3cc4c(cc3OC)C(=O)N3CCC[C@H]3[C@H](OC3CCCCO3)N4C(=O)OC(C)(C)C)c1)N(C(=O)OC(C)(C)C)[C@@H](OC1CCCCO1)[C@@H]1CCCN1C2=O. The summed E-state index contributed by atoms with van der Waals surface area (Å²) in [6.07, 6.45) is 3.52. The Balaban J connectivity index is 1.01. The summed E-state index contributed by atoms with van der Waals surface area (Å²) >= 11 is 2.24. The Morgan fingerprint density at radius 1 is 0.575 bits per heavy atom. The van der Waals surface area contributed by atoms with Gasteiger partial charge in [-0.1, -0.05) is 0 Å². The molecule has 4 amide bonds. The van der Waals surface area contributed by atoms with Crippen LogP contribution in [0, 0.1) is 3.57 Å². The lowest BCUT2D eigenvalue weighted by Gasteiger charge is -2.39. The number of carbonyl (C=O) groups excluding carboxylic acids is 4. The van der Waals surface area contributed by atoms with Crippen LogP contribution < -0.4 is 28.7 Å². The minimum absolute atomic E-state index is 0.0723. The van der Waals surface area contributed by atoms with Crippen molar-refractivity contribution in [3.8, 4) is 23.0 Å². The molecule has 9 rings (SSSR count). The standard InChI is InChI=1S/C54H69IN4O14/c1-53(2,3)72-51(62)58-39-28-43(41(64-7)26-35(39)47(60)56-19-13-15-37(56)49(58)70-45-17-9-11-21-66-45)68-30-32-23-33(25-34(55)24-32)31-69-44-29-40-36(27-42(44)65-8)48(61)57-20-14-16-38(57)50(71-46-18-10-12-22-67-46)59(40)52(63)73-54(4,5)6/h23-29,37-38,45-46,49-50H,9-22,30-31H2,1-8H3/t37-,38-,45?,46?,49-,50-/m0/s1. The van der Waals surface area contributed by atoms with Gasteiger partial charge in [-0.25, -0.2) is 19.4 Å². The molecular formula is C54H69IN4O14. The van der Waals surface area contributed by atoms with Crippen LogP contribution in [0.5, 0.6) is 23.0 Å². The van der Waals surface area contributed by atoms with E-state index < -0.39 is 60.5 Å². The molecule has 19 heteroatoms. The lowest BCUT2D eigenvalue weighted by molar-refractivity contribution is -0.196. The van der Waals surface area contributed by atoms with E-state index in [0.717, 1.165) is 53.2 Å². The largest absolute Gasteiger partial charge is 0.493 e. The summed E-state index contributed by atoms with van der Waals surface area (Å²) in [6.45, 7) is 13.0. The number of carbonyl (C=O) groups is 4. The molecule has 6 atom stereocenters. The molecule has 18 nitrogen and oxygen atoms in total. The van der Waals surface area contributed by atoms with Crippen LogP contribution in [0.4, 0.5) is 21.0 Å². The number of amides is 4.